The zero-order chi connectivity index (χ0) is 18.7. The molecule has 1 rings (SSSR count). The molecule has 0 spiro atoms. The second-order valence-corrected chi connectivity index (χ2v) is 10.3. The molecule has 1 unspecified atom stereocenters. The lowest BCUT2D eigenvalue weighted by molar-refractivity contribution is 0.611. The molecular formula is C25H43P. The highest BCUT2D eigenvalue weighted by Gasteiger charge is 2.09. The first kappa shape index (κ1) is 23.4. The van der Waals surface area contributed by atoms with Crippen LogP contribution in [0.25, 0.3) is 0 Å². The SMILES string of the molecule is C=CCCCCCCCCP(CCCCCCCC)Cc1ccccc1. The van der Waals surface area contributed by atoms with Crippen molar-refractivity contribution in [2.45, 2.75) is 96.6 Å². The summed E-state index contributed by atoms with van der Waals surface area (Å²) in [5, 5.41) is 0. The molecule has 1 aromatic carbocycles. The Hall–Kier alpha value is -0.610. The fourth-order valence-corrected chi connectivity index (χ4v) is 6.17. The maximum absolute atomic E-state index is 3.81. The molecule has 0 aliphatic rings. The monoisotopic (exact) mass is 374 g/mol. The van der Waals surface area contributed by atoms with Crippen molar-refractivity contribution >= 4 is 7.92 Å². The van der Waals surface area contributed by atoms with Gasteiger partial charge in [0, 0.05) is 0 Å². The molecule has 0 saturated carbocycles. The molecule has 0 aromatic heterocycles. The Labute approximate surface area is 165 Å². The summed E-state index contributed by atoms with van der Waals surface area (Å²) < 4.78 is 0. The van der Waals surface area contributed by atoms with E-state index in [0.717, 1.165) is 0 Å². The number of benzene rings is 1. The van der Waals surface area contributed by atoms with Crippen molar-refractivity contribution < 1.29 is 0 Å². The Balaban J connectivity index is 2.21. The van der Waals surface area contributed by atoms with E-state index in [1.807, 2.05) is 0 Å². The normalized spacial score (nSPS) is 12.2. The van der Waals surface area contributed by atoms with Gasteiger partial charge >= 0.3 is 0 Å². The zero-order valence-corrected chi connectivity index (χ0v) is 18.3. The van der Waals surface area contributed by atoms with Crippen LogP contribution in [0, 0.1) is 0 Å². The summed E-state index contributed by atoms with van der Waals surface area (Å²) >= 11 is 0. The maximum atomic E-state index is 3.81. The van der Waals surface area contributed by atoms with E-state index in [9.17, 15) is 0 Å². The summed E-state index contributed by atoms with van der Waals surface area (Å²) in [6, 6.07) is 11.2. The first-order valence-corrected chi connectivity index (χ1v) is 13.1. The van der Waals surface area contributed by atoms with Crippen LogP contribution in [0.15, 0.2) is 43.0 Å². The Morgan fingerprint density at radius 3 is 1.85 bits per heavy atom. The van der Waals surface area contributed by atoms with Gasteiger partial charge < -0.3 is 0 Å². The molecule has 0 radical (unpaired) electrons. The van der Waals surface area contributed by atoms with Crippen molar-refractivity contribution in [3.8, 4) is 0 Å². The van der Waals surface area contributed by atoms with Crippen LogP contribution in [-0.4, -0.2) is 12.3 Å². The molecular weight excluding hydrogens is 331 g/mol. The molecule has 0 fully saturated rings. The minimum absolute atomic E-state index is 0.195. The fraction of sp³-hybridized carbons (Fsp3) is 0.680. The third-order valence-electron chi connectivity index (χ3n) is 5.21. The van der Waals surface area contributed by atoms with E-state index in [1.165, 1.54) is 102 Å². The fourth-order valence-electron chi connectivity index (χ4n) is 3.56. The minimum atomic E-state index is 0.195. The van der Waals surface area contributed by atoms with Crippen molar-refractivity contribution in [2.75, 3.05) is 12.3 Å². The average Bonchev–Trinajstić information content (AvgIpc) is 2.67. The first-order chi connectivity index (χ1) is 12.9. The van der Waals surface area contributed by atoms with E-state index in [4.69, 9.17) is 0 Å². The lowest BCUT2D eigenvalue weighted by atomic mass is 10.1. The van der Waals surface area contributed by atoms with Gasteiger partial charge in [-0.1, -0.05) is 101 Å². The largest absolute Gasteiger partial charge is 0.103 e. The van der Waals surface area contributed by atoms with Crippen LogP contribution in [0.1, 0.15) is 96.0 Å². The summed E-state index contributed by atoms with van der Waals surface area (Å²) in [4.78, 5) is 0. The molecule has 0 heterocycles. The molecule has 0 amide bonds. The number of allylic oxidation sites excluding steroid dienone is 1. The first-order valence-electron chi connectivity index (χ1n) is 11.2. The van der Waals surface area contributed by atoms with Crippen LogP contribution in [0.3, 0.4) is 0 Å². The van der Waals surface area contributed by atoms with Gasteiger partial charge in [0.25, 0.3) is 0 Å². The standard InChI is InChI=1S/C25H43P/c1-3-5-7-9-11-12-14-19-23-26(22-18-13-10-8-6-4-2)24-25-20-16-15-17-21-25/h3,15-17,20-21H,1,4-14,18-19,22-24H2,2H3. The predicted molar refractivity (Wildman–Crippen MR) is 123 cm³/mol. The van der Waals surface area contributed by atoms with Crippen molar-refractivity contribution in [1.82, 2.24) is 0 Å². The molecule has 0 bridgehead atoms. The minimum Gasteiger partial charge on any atom is -0.103 e. The van der Waals surface area contributed by atoms with E-state index >= 15 is 0 Å². The van der Waals surface area contributed by atoms with Gasteiger partial charge in [-0.2, -0.15) is 0 Å². The summed E-state index contributed by atoms with van der Waals surface area (Å²) in [6.07, 6.45) is 24.7. The van der Waals surface area contributed by atoms with Gasteiger partial charge in [0.2, 0.25) is 0 Å². The number of hydrogen-bond donors (Lipinski definition) is 0. The molecule has 0 nitrogen and oxygen atoms in total. The topological polar surface area (TPSA) is 0 Å². The lowest BCUT2D eigenvalue weighted by Gasteiger charge is -2.18. The highest BCUT2D eigenvalue weighted by Crippen LogP contribution is 2.42. The molecule has 1 aromatic rings. The van der Waals surface area contributed by atoms with Crippen LogP contribution in [0.5, 0.6) is 0 Å². The smallest absolute Gasteiger partial charge is 0.00731 e. The number of hydrogen-bond acceptors (Lipinski definition) is 0. The third kappa shape index (κ3) is 13.6. The second-order valence-electron chi connectivity index (χ2n) is 7.73. The van der Waals surface area contributed by atoms with Gasteiger partial charge in [0.05, 0.1) is 0 Å². The molecule has 1 heteroatoms. The van der Waals surface area contributed by atoms with Gasteiger partial charge in [0.15, 0.2) is 0 Å². The number of unbranched alkanes of at least 4 members (excludes halogenated alkanes) is 11. The van der Waals surface area contributed by atoms with Crippen LogP contribution in [0.4, 0.5) is 0 Å². The second kappa shape index (κ2) is 17.8. The van der Waals surface area contributed by atoms with Crippen molar-refractivity contribution in [1.29, 1.82) is 0 Å². The Morgan fingerprint density at radius 2 is 1.27 bits per heavy atom. The Kier molecular flexibility index (Phi) is 16.0. The number of rotatable bonds is 18. The molecule has 0 N–H and O–H groups in total. The van der Waals surface area contributed by atoms with Gasteiger partial charge in [-0.25, -0.2) is 0 Å². The quantitative estimate of drug-likeness (QED) is 0.137. The molecule has 0 aliphatic heterocycles. The highest BCUT2D eigenvalue weighted by atomic mass is 31.1. The summed E-state index contributed by atoms with van der Waals surface area (Å²) in [7, 11) is 0.195. The van der Waals surface area contributed by atoms with Crippen LogP contribution >= 0.6 is 7.92 Å². The van der Waals surface area contributed by atoms with E-state index in [0.29, 0.717) is 0 Å². The van der Waals surface area contributed by atoms with Crippen LogP contribution in [-0.2, 0) is 6.16 Å². The molecule has 0 aliphatic carbocycles. The van der Waals surface area contributed by atoms with Crippen LogP contribution < -0.4 is 0 Å². The van der Waals surface area contributed by atoms with E-state index < -0.39 is 0 Å². The molecule has 26 heavy (non-hydrogen) atoms. The summed E-state index contributed by atoms with van der Waals surface area (Å²) in [5.74, 6) is 0. The summed E-state index contributed by atoms with van der Waals surface area (Å²) in [5.41, 5.74) is 1.56. The van der Waals surface area contributed by atoms with E-state index in [1.54, 1.807) is 5.56 Å². The Morgan fingerprint density at radius 1 is 0.731 bits per heavy atom. The zero-order valence-electron chi connectivity index (χ0n) is 17.4. The van der Waals surface area contributed by atoms with Gasteiger partial charge in [0.1, 0.15) is 0 Å². The van der Waals surface area contributed by atoms with Crippen LogP contribution in [0.2, 0.25) is 0 Å². The molecule has 0 saturated heterocycles. The maximum Gasteiger partial charge on any atom is -0.00731 e. The van der Waals surface area contributed by atoms with Crippen molar-refractivity contribution in [3.05, 3.63) is 48.6 Å². The molecule has 1 atom stereocenters. The highest BCUT2D eigenvalue weighted by molar-refractivity contribution is 7.56. The van der Waals surface area contributed by atoms with Gasteiger partial charge in [-0.3, -0.25) is 0 Å². The average molecular weight is 375 g/mol. The van der Waals surface area contributed by atoms with Crippen molar-refractivity contribution in [3.63, 3.8) is 0 Å². The third-order valence-corrected chi connectivity index (χ3v) is 7.92. The van der Waals surface area contributed by atoms with Gasteiger partial charge in [-0.15, -0.1) is 14.5 Å². The van der Waals surface area contributed by atoms with E-state index in [-0.39, 0.29) is 7.92 Å². The molecule has 148 valence electrons. The van der Waals surface area contributed by atoms with E-state index in [2.05, 4.69) is 49.9 Å². The summed E-state index contributed by atoms with van der Waals surface area (Å²) in [6.45, 7) is 6.11. The Bertz CT molecular complexity index is 411. The van der Waals surface area contributed by atoms with Gasteiger partial charge in [-0.05, 0) is 49.7 Å². The lowest BCUT2D eigenvalue weighted by Crippen LogP contribution is -1.96. The van der Waals surface area contributed by atoms with Crippen molar-refractivity contribution in [2.24, 2.45) is 0 Å². The predicted octanol–water partition coefficient (Wildman–Crippen LogP) is 8.95.